The Balaban J connectivity index is 1.48. The number of benzene rings is 4. The Morgan fingerprint density at radius 2 is 0.604 bits per heavy atom. The molecule has 0 amide bonds. The predicted octanol–water partition coefficient (Wildman–Crippen LogP) is 7.90. The minimum absolute atomic E-state index is 0.431. The van der Waals surface area contributed by atoms with Crippen LogP contribution in [0.3, 0.4) is 0 Å². The van der Waals surface area contributed by atoms with Crippen molar-refractivity contribution < 1.29 is 47.4 Å². The average Bonchev–Trinajstić information content (AvgIpc) is 3.87. The number of nitrogens with zero attached hydrogens (tertiary/aromatic N) is 2. The molecule has 0 radical (unpaired) electrons. The van der Waals surface area contributed by atoms with Gasteiger partial charge in [-0.3, -0.25) is 0 Å². The lowest BCUT2D eigenvalue weighted by atomic mass is 9.93. The van der Waals surface area contributed by atoms with Gasteiger partial charge in [0.05, 0.1) is 56.9 Å². The van der Waals surface area contributed by atoms with Crippen molar-refractivity contribution in [1.82, 2.24) is 0 Å². The van der Waals surface area contributed by atoms with Gasteiger partial charge in [0.2, 0.25) is 0 Å². The topological polar surface area (TPSA) is 117 Å². The average molecular weight is 727 g/mol. The van der Waals surface area contributed by atoms with Gasteiger partial charge < -0.3 is 47.4 Å². The van der Waals surface area contributed by atoms with Crippen molar-refractivity contribution in [3.8, 4) is 46.0 Å². The highest BCUT2D eigenvalue weighted by Crippen LogP contribution is 2.50. The second-order valence-corrected chi connectivity index (χ2v) is 13.0. The summed E-state index contributed by atoms with van der Waals surface area (Å²) < 4.78 is 58.8. The van der Waals surface area contributed by atoms with Gasteiger partial charge in [-0.15, -0.1) is 0 Å². The largest absolute Gasteiger partial charge is 0.497 e. The number of rotatable bonds is 14. The summed E-state index contributed by atoms with van der Waals surface area (Å²) in [5.74, 6) is 5.84. The number of hydrogen-bond acceptors (Lipinski definition) is 12. The quantitative estimate of drug-likeness (QED) is 0.127. The lowest BCUT2D eigenvalue weighted by molar-refractivity contribution is 0.161. The van der Waals surface area contributed by atoms with Gasteiger partial charge in [0.25, 0.3) is 0 Å². The van der Waals surface area contributed by atoms with Crippen molar-refractivity contribution in [2.75, 3.05) is 56.9 Å². The first-order valence-electron chi connectivity index (χ1n) is 17.0. The summed E-state index contributed by atoms with van der Waals surface area (Å²) in [4.78, 5) is 10.5. The molecule has 2 aliphatic heterocycles. The zero-order chi connectivity index (χ0) is 37.9. The van der Waals surface area contributed by atoms with Gasteiger partial charge in [-0.25, -0.2) is 9.98 Å². The van der Waals surface area contributed by atoms with Crippen molar-refractivity contribution >= 4 is 11.8 Å². The van der Waals surface area contributed by atoms with Gasteiger partial charge in [-0.1, -0.05) is 0 Å². The monoisotopic (exact) mass is 726 g/mol. The smallest absolute Gasteiger partial charge is 0.200 e. The van der Waals surface area contributed by atoms with Gasteiger partial charge in [-0.05, 0) is 73.5 Å². The van der Waals surface area contributed by atoms with E-state index >= 15 is 0 Å². The molecular formula is C41H46N2O10. The molecule has 6 rings (SSSR count). The Labute approximate surface area is 310 Å². The van der Waals surface area contributed by atoms with E-state index in [1.165, 1.54) is 0 Å². The van der Waals surface area contributed by atoms with Crippen LogP contribution in [0.15, 0.2) is 82.8 Å². The van der Waals surface area contributed by atoms with Gasteiger partial charge in [0.15, 0.2) is 24.0 Å². The van der Waals surface area contributed by atoms with Crippen molar-refractivity contribution in [3.05, 3.63) is 95.1 Å². The summed E-state index contributed by atoms with van der Waals surface area (Å²) in [5.41, 5.74) is 2.32. The lowest BCUT2D eigenvalue weighted by Gasteiger charge is -2.26. The van der Waals surface area contributed by atoms with E-state index in [9.17, 15) is 0 Å². The molecule has 0 bridgehead atoms. The maximum absolute atomic E-state index is 6.88. The second-order valence-electron chi connectivity index (χ2n) is 13.0. The summed E-state index contributed by atoms with van der Waals surface area (Å²) >= 11 is 0. The molecule has 53 heavy (non-hydrogen) atoms. The van der Waals surface area contributed by atoms with E-state index < -0.39 is 29.7 Å². The van der Waals surface area contributed by atoms with Crippen LogP contribution in [-0.2, 0) is 9.47 Å². The molecule has 4 aromatic rings. The van der Waals surface area contributed by atoms with Crippen LogP contribution in [0.2, 0.25) is 0 Å². The van der Waals surface area contributed by atoms with Gasteiger partial charge in [0, 0.05) is 35.4 Å². The van der Waals surface area contributed by atoms with Gasteiger partial charge in [0.1, 0.15) is 63.5 Å². The van der Waals surface area contributed by atoms with Crippen molar-refractivity contribution in [2.45, 2.75) is 38.1 Å². The van der Waals surface area contributed by atoms with Crippen LogP contribution in [0, 0.1) is 5.41 Å². The zero-order valence-corrected chi connectivity index (χ0v) is 31.7. The molecule has 0 aromatic heterocycles. The molecule has 12 heteroatoms. The van der Waals surface area contributed by atoms with E-state index in [0.717, 1.165) is 22.3 Å². The van der Waals surface area contributed by atoms with E-state index in [2.05, 4.69) is 0 Å². The highest BCUT2D eigenvalue weighted by atomic mass is 16.5. The summed E-state index contributed by atoms with van der Waals surface area (Å²) in [6.45, 7) is 3.97. The van der Waals surface area contributed by atoms with E-state index in [1.807, 2.05) is 86.6 Å². The molecule has 12 nitrogen and oxygen atoms in total. The first kappa shape index (κ1) is 37.0. The zero-order valence-electron chi connectivity index (χ0n) is 31.7. The van der Waals surface area contributed by atoms with Crippen LogP contribution < -0.4 is 37.9 Å². The third-order valence-electron chi connectivity index (χ3n) is 9.47. The van der Waals surface area contributed by atoms with Crippen LogP contribution in [0.25, 0.3) is 0 Å². The Kier molecular flexibility index (Phi) is 10.8. The Morgan fingerprint density at radius 1 is 0.377 bits per heavy atom. The highest BCUT2D eigenvalue weighted by Gasteiger charge is 2.48. The van der Waals surface area contributed by atoms with Crippen molar-refractivity contribution in [2.24, 2.45) is 15.4 Å². The molecule has 0 saturated heterocycles. The van der Waals surface area contributed by atoms with Crippen molar-refractivity contribution in [1.29, 1.82) is 0 Å². The SMILES string of the molecule is COc1cc(OC)cc(C2N=C(C(C)(C)C3=NC(c4cc(OC)cc(OC)c4)C(c4cc(OC)cc(OC)c4)O3)OC2c2cc(OC)cc(OC)c2)c1. The van der Waals surface area contributed by atoms with Crippen LogP contribution in [0.5, 0.6) is 46.0 Å². The van der Waals surface area contributed by atoms with Crippen LogP contribution in [0.4, 0.5) is 0 Å². The molecule has 0 N–H and O–H groups in total. The molecule has 2 heterocycles. The summed E-state index contributed by atoms with van der Waals surface area (Å²) in [6.07, 6.45) is -1.16. The predicted molar refractivity (Wildman–Crippen MR) is 200 cm³/mol. The van der Waals surface area contributed by atoms with E-state index in [4.69, 9.17) is 57.4 Å². The van der Waals surface area contributed by atoms with Gasteiger partial charge >= 0.3 is 0 Å². The Morgan fingerprint density at radius 3 is 0.830 bits per heavy atom. The maximum atomic E-state index is 6.88. The normalized spacial score (nSPS) is 19.3. The summed E-state index contributed by atoms with van der Waals surface area (Å²) in [6, 6.07) is 21.7. The molecule has 4 atom stereocenters. The van der Waals surface area contributed by atoms with Crippen molar-refractivity contribution in [3.63, 3.8) is 0 Å². The second kappa shape index (κ2) is 15.4. The number of methoxy groups -OCH3 is 8. The number of ether oxygens (including phenoxy) is 10. The van der Waals surface area contributed by atoms with E-state index in [1.54, 1.807) is 56.9 Å². The fourth-order valence-electron chi connectivity index (χ4n) is 6.51. The molecular weight excluding hydrogens is 680 g/mol. The minimum atomic E-state index is -0.947. The first-order valence-corrected chi connectivity index (χ1v) is 17.0. The summed E-state index contributed by atoms with van der Waals surface area (Å²) in [7, 11) is 12.9. The number of aliphatic imine (C=N–C) groups is 2. The van der Waals surface area contributed by atoms with Gasteiger partial charge in [-0.2, -0.15) is 0 Å². The number of hydrogen-bond donors (Lipinski definition) is 0. The fraction of sp³-hybridized carbons (Fsp3) is 0.366. The molecule has 4 aromatic carbocycles. The Bertz CT molecular complexity index is 1780. The summed E-state index contributed by atoms with van der Waals surface area (Å²) in [5, 5.41) is 0. The third kappa shape index (κ3) is 7.44. The molecule has 0 saturated carbocycles. The van der Waals surface area contributed by atoms with Crippen LogP contribution >= 0.6 is 0 Å². The molecule has 0 spiro atoms. The fourth-order valence-corrected chi connectivity index (χ4v) is 6.51. The Hall–Kier alpha value is -5.78. The molecule has 0 fully saturated rings. The molecule has 280 valence electrons. The lowest BCUT2D eigenvalue weighted by Crippen LogP contribution is -2.34. The van der Waals surface area contributed by atoms with Crippen LogP contribution in [0.1, 0.15) is 60.4 Å². The van der Waals surface area contributed by atoms with E-state index in [0.29, 0.717) is 57.8 Å². The maximum Gasteiger partial charge on any atom is 0.200 e. The third-order valence-corrected chi connectivity index (χ3v) is 9.47. The molecule has 2 aliphatic rings. The van der Waals surface area contributed by atoms with Crippen LogP contribution in [-0.4, -0.2) is 68.7 Å². The first-order chi connectivity index (χ1) is 25.6. The molecule has 0 aliphatic carbocycles. The van der Waals surface area contributed by atoms with E-state index in [-0.39, 0.29) is 0 Å². The molecule has 4 unspecified atom stereocenters. The highest BCUT2D eigenvalue weighted by molar-refractivity contribution is 6.05. The standard InChI is InChI=1S/C41H46N2O10/c1-41(2,39-42-35(23-11-27(44-3)19-28(12-23)45-4)37(52-39)25-15-31(48-7)21-32(16-25)49-8)40-43-36(24-13-29(46-5)20-30(14-24)47-6)38(53-40)26-17-33(50-9)22-34(18-26)51-10/h11-22,35-38H,1-10H3. The minimum Gasteiger partial charge on any atom is -0.497 e.